The molecule has 14 heteroatoms. The maximum Gasteiger partial charge on any atom is 0.327 e. The Balaban J connectivity index is 1.56. The van der Waals surface area contributed by atoms with Gasteiger partial charge < -0.3 is 15.4 Å². The SMILES string of the molecule is CCCC(Nc1ccccn1)OC(=O)C(CNC(=O)c1ccc2cn[nH]c2c1)NS(=O)(=O)c1c(Cl)cccc1Cl. The Bertz CT molecular complexity index is 1580. The highest BCUT2D eigenvalue weighted by Crippen LogP contribution is 2.29. The number of ether oxygens (including phenoxy) is 1. The Morgan fingerprint density at radius 3 is 2.55 bits per heavy atom. The number of halogens is 2. The molecular weight excluding hydrogens is 579 g/mol. The van der Waals surface area contributed by atoms with Crippen LogP contribution in [0.4, 0.5) is 5.82 Å². The van der Waals surface area contributed by atoms with Crippen molar-refractivity contribution in [3.05, 3.63) is 82.6 Å². The number of hydrogen-bond acceptors (Lipinski definition) is 8. The minimum atomic E-state index is -4.42. The molecule has 4 N–H and O–H groups in total. The molecule has 2 atom stereocenters. The molecule has 2 aromatic carbocycles. The minimum Gasteiger partial charge on any atom is -0.440 e. The second-order valence-electron chi connectivity index (χ2n) is 8.68. The summed E-state index contributed by atoms with van der Waals surface area (Å²) >= 11 is 12.2. The third-order valence-corrected chi connectivity index (χ3v) is 8.15. The van der Waals surface area contributed by atoms with Crippen molar-refractivity contribution in [1.82, 2.24) is 25.2 Å². The Kier molecular flexibility index (Phi) is 9.58. The molecule has 2 heterocycles. The summed E-state index contributed by atoms with van der Waals surface area (Å²) in [5, 5.41) is 12.9. The molecule has 11 nitrogen and oxygen atoms in total. The average molecular weight is 606 g/mol. The molecular formula is C26H26Cl2N6O5S. The van der Waals surface area contributed by atoms with Crippen molar-refractivity contribution < 1.29 is 22.7 Å². The predicted octanol–water partition coefficient (Wildman–Crippen LogP) is 4.12. The lowest BCUT2D eigenvalue weighted by atomic mass is 10.1. The lowest BCUT2D eigenvalue weighted by molar-refractivity contribution is -0.149. The fourth-order valence-corrected chi connectivity index (χ4v) is 6.12. The molecule has 40 heavy (non-hydrogen) atoms. The Morgan fingerprint density at radius 2 is 1.85 bits per heavy atom. The van der Waals surface area contributed by atoms with E-state index in [9.17, 15) is 18.0 Å². The Labute approximate surface area is 240 Å². The zero-order chi connectivity index (χ0) is 28.7. The van der Waals surface area contributed by atoms with Crippen molar-refractivity contribution in [1.29, 1.82) is 0 Å². The van der Waals surface area contributed by atoms with Crippen LogP contribution in [0.25, 0.3) is 10.9 Å². The molecule has 0 saturated heterocycles. The molecule has 0 spiro atoms. The number of aromatic nitrogens is 3. The van der Waals surface area contributed by atoms with Crippen LogP contribution in [0.1, 0.15) is 30.1 Å². The van der Waals surface area contributed by atoms with Crippen molar-refractivity contribution in [3.8, 4) is 0 Å². The van der Waals surface area contributed by atoms with Crippen LogP contribution in [0.15, 0.2) is 71.9 Å². The van der Waals surface area contributed by atoms with Gasteiger partial charge in [-0.05, 0) is 36.4 Å². The first-order valence-electron chi connectivity index (χ1n) is 12.2. The number of carbonyl (C=O) groups is 2. The van der Waals surface area contributed by atoms with Gasteiger partial charge in [-0.1, -0.05) is 54.7 Å². The predicted molar refractivity (Wildman–Crippen MR) is 152 cm³/mol. The highest BCUT2D eigenvalue weighted by molar-refractivity contribution is 7.89. The average Bonchev–Trinajstić information content (AvgIpc) is 3.39. The summed E-state index contributed by atoms with van der Waals surface area (Å²) in [4.78, 5) is 30.0. The summed E-state index contributed by atoms with van der Waals surface area (Å²) in [6.07, 6.45) is 3.43. The van der Waals surface area contributed by atoms with E-state index in [2.05, 4.69) is 30.5 Å². The second kappa shape index (κ2) is 13.1. The third kappa shape index (κ3) is 7.27. The van der Waals surface area contributed by atoms with Crippen LogP contribution < -0.4 is 15.4 Å². The number of rotatable bonds is 12. The number of carbonyl (C=O) groups excluding carboxylic acids is 2. The summed E-state index contributed by atoms with van der Waals surface area (Å²) in [7, 11) is -4.42. The monoisotopic (exact) mass is 604 g/mol. The van der Waals surface area contributed by atoms with Crippen LogP contribution in [0, 0.1) is 0 Å². The van der Waals surface area contributed by atoms with E-state index in [1.165, 1.54) is 18.2 Å². The van der Waals surface area contributed by atoms with Gasteiger partial charge in [-0.2, -0.15) is 9.82 Å². The maximum atomic E-state index is 13.3. The van der Waals surface area contributed by atoms with Gasteiger partial charge >= 0.3 is 5.97 Å². The number of anilines is 1. The normalized spacial score (nSPS) is 13.0. The number of sulfonamides is 1. The number of aromatic amines is 1. The van der Waals surface area contributed by atoms with E-state index in [1.807, 2.05) is 6.92 Å². The number of pyridine rings is 1. The molecule has 0 aliphatic carbocycles. The van der Waals surface area contributed by atoms with E-state index in [0.717, 1.165) is 5.39 Å². The number of nitrogens with one attached hydrogen (secondary N) is 4. The van der Waals surface area contributed by atoms with Crippen molar-refractivity contribution in [2.45, 2.75) is 36.9 Å². The van der Waals surface area contributed by atoms with Crippen molar-refractivity contribution in [2.75, 3.05) is 11.9 Å². The van der Waals surface area contributed by atoms with Gasteiger partial charge in [0.25, 0.3) is 5.91 Å². The van der Waals surface area contributed by atoms with Gasteiger partial charge in [0.15, 0.2) is 6.23 Å². The van der Waals surface area contributed by atoms with Crippen molar-refractivity contribution >= 4 is 61.8 Å². The van der Waals surface area contributed by atoms with Gasteiger partial charge in [-0.3, -0.25) is 14.7 Å². The largest absolute Gasteiger partial charge is 0.440 e. The first-order chi connectivity index (χ1) is 19.2. The summed E-state index contributed by atoms with van der Waals surface area (Å²) in [5.74, 6) is -1.00. The molecule has 4 aromatic rings. The topological polar surface area (TPSA) is 155 Å². The zero-order valence-corrected chi connectivity index (χ0v) is 23.6. The molecule has 0 radical (unpaired) electrons. The minimum absolute atomic E-state index is 0.135. The van der Waals surface area contributed by atoms with E-state index >= 15 is 0 Å². The molecule has 0 aliphatic rings. The van der Waals surface area contributed by atoms with Gasteiger partial charge in [-0.15, -0.1) is 0 Å². The van der Waals surface area contributed by atoms with Gasteiger partial charge in [0.1, 0.15) is 16.8 Å². The number of esters is 1. The smallest absolute Gasteiger partial charge is 0.327 e. The zero-order valence-electron chi connectivity index (χ0n) is 21.2. The number of amides is 1. The molecule has 210 valence electrons. The fourth-order valence-electron chi connectivity index (χ4n) is 3.79. The second-order valence-corrected chi connectivity index (χ2v) is 11.1. The summed E-state index contributed by atoms with van der Waals surface area (Å²) in [6.45, 7) is 1.47. The van der Waals surface area contributed by atoms with E-state index < -0.39 is 45.6 Å². The molecule has 0 fully saturated rings. The van der Waals surface area contributed by atoms with Gasteiger partial charge in [0, 0.05) is 30.1 Å². The first-order valence-corrected chi connectivity index (χ1v) is 14.5. The number of benzene rings is 2. The summed E-state index contributed by atoms with van der Waals surface area (Å²) in [6, 6.07) is 12.8. The van der Waals surface area contributed by atoms with Crippen LogP contribution >= 0.6 is 23.2 Å². The van der Waals surface area contributed by atoms with Gasteiger partial charge in [0.2, 0.25) is 10.0 Å². The van der Waals surface area contributed by atoms with Crippen molar-refractivity contribution in [2.24, 2.45) is 0 Å². The Hall–Kier alpha value is -3.71. The first kappa shape index (κ1) is 29.3. The molecule has 2 aromatic heterocycles. The van der Waals surface area contributed by atoms with E-state index in [1.54, 1.807) is 48.8 Å². The number of hydrogen-bond donors (Lipinski definition) is 4. The lowest BCUT2D eigenvalue weighted by Crippen LogP contribution is -2.50. The maximum absolute atomic E-state index is 13.3. The molecule has 2 unspecified atom stereocenters. The number of H-pyrrole nitrogens is 1. The number of fused-ring (bicyclic) bond motifs is 1. The van der Waals surface area contributed by atoms with E-state index in [0.29, 0.717) is 24.2 Å². The van der Waals surface area contributed by atoms with Crippen LogP contribution in [0.5, 0.6) is 0 Å². The highest BCUT2D eigenvalue weighted by Gasteiger charge is 2.32. The molecule has 0 saturated carbocycles. The molecule has 4 rings (SSSR count). The quantitative estimate of drug-likeness (QED) is 0.139. The van der Waals surface area contributed by atoms with Crippen LogP contribution in [-0.2, 0) is 19.6 Å². The van der Waals surface area contributed by atoms with Crippen LogP contribution in [0.3, 0.4) is 0 Å². The van der Waals surface area contributed by atoms with Crippen LogP contribution in [0.2, 0.25) is 10.0 Å². The Morgan fingerprint density at radius 1 is 1.07 bits per heavy atom. The summed E-state index contributed by atoms with van der Waals surface area (Å²) < 4.78 is 34.5. The molecule has 1 amide bonds. The fraction of sp³-hybridized carbons (Fsp3) is 0.231. The van der Waals surface area contributed by atoms with E-state index in [4.69, 9.17) is 27.9 Å². The van der Waals surface area contributed by atoms with Gasteiger partial charge in [-0.25, -0.2) is 13.4 Å². The van der Waals surface area contributed by atoms with Crippen molar-refractivity contribution in [3.63, 3.8) is 0 Å². The van der Waals surface area contributed by atoms with Crippen LogP contribution in [-0.4, -0.2) is 54.3 Å². The molecule has 0 aliphatic heterocycles. The highest BCUT2D eigenvalue weighted by atomic mass is 35.5. The third-order valence-electron chi connectivity index (χ3n) is 5.72. The summed E-state index contributed by atoms with van der Waals surface area (Å²) in [5.41, 5.74) is 0.919. The standard InChI is InChI=1S/C26H26Cl2N6O5S/c1-2-6-23(32-22-9-3-4-12-29-22)39-26(36)21(34-40(37,38)24-18(27)7-5-8-19(24)28)15-30-25(35)16-10-11-17-14-31-33-20(17)13-16/h3-5,7-14,21,23,34H,2,6,15H2,1H3,(H,29,32)(H,30,35)(H,31,33). The van der Waals surface area contributed by atoms with E-state index in [-0.39, 0.29) is 15.6 Å². The molecule has 0 bridgehead atoms. The lowest BCUT2D eigenvalue weighted by Gasteiger charge is -2.24. The van der Waals surface area contributed by atoms with Gasteiger partial charge in [0.05, 0.1) is 21.8 Å². The number of nitrogens with zero attached hydrogens (tertiary/aromatic N) is 2.